The molecule has 2 heterocycles. The zero-order valence-electron chi connectivity index (χ0n) is 12.5. The minimum Gasteiger partial charge on any atom is -0.493 e. The normalized spacial score (nSPS) is 26.2. The van der Waals surface area contributed by atoms with E-state index in [2.05, 4.69) is 41.4 Å². The third kappa shape index (κ3) is 2.99. The van der Waals surface area contributed by atoms with E-state index in [0.29, 0.717) is 5.92 Å². The quantitative estimate of drug-likeness (QED) is 0.893. The van der Waals surface area contributed by atoms with Crippen molar-refractivity contribution in [2.75, 3.05) is 32.8 Å². The Balaban J connectivity index is 1.66. The lowest BCUT2D eigenvalue weighted by molar-refractivity contribution is 0.198. The number of likely N-dealkylation sites (tertiary alicyclic amines) is 1. The zero-order valence-corrected chi connectivity index (χ0v) is 12.5. The monoisotopic (exact) mass is 274 g/mol. The molecule has 0 spiro atoms. The molecule has 0 saturated carbocycles. The number of hydrogen-bond acceptors (Lipinski definition) is 3. The van der Waals surface area contributed by atoms with Gasteiger partial charge in [0.15, 0.2) is 0 Å². The van der Waals surface area contributed by atoms with Crippen molar-refractivity contribution in [2.45, 2.75) is 38.1 Å². The minimum absolute atomic E-state index is 0.641. The van der Waals surface area contributed by atoms with Crippen LogP contribution in [0.3, 0.4) is 0 Å². The minimum atomic E-state index is 0.641. The third-order valence-electron chi connectivity index (χ3n) is 4.67. The maximum Gasteiger partial charge on any atom is 0.122 e. The first-order valence-electron chi connectivity index (χ1n) is 8.05. The maximum atomic E-state index is 5.78. The van der Waals surface area contributed by atoms with Gasteiger partial charge in [-0.2, -0.15) is 0 Å². The van der Waals surface area contributed by atoms with Gasteiger partial charge in [0.25, 0.3) is 0 Å². The fourth-order valence-corrected chi connectivity index (χ4v) is 3.57. The SMILES string of the molecule is CCNCC1CCCN1CC1CCOc2ccccc21. The van der Waals surface area contributed by atoms with Crippen molar-refractivity contribution in [1.29, 1.82) is 0 Å². The van der Waals surface area contributed by atoms with E-state index in [1.165, 1.54) is 31.5 Å². The molecule has 3 heteroatoms. The van der Waals surface area contributed by atoms with Gasteiger partial charge in [0.1, 0.15) is 5.75 Å². The van der Waals surface area contributed by atoms with E-state index in [4.69, 9.17) is 4.74 Å². The van der Waals surface area contributed by atoms with Crippen molar-refractivity contribution in [1.82, 2.24) is 10.2 Å². The van der Waals surface area contributed by atoms with E-state index >= 15 is 0 Å². The Morgan fingerprint density at radius 1 is 1.30 bits per heavy atom. The van der Waals surface area contributed by atoms with Gasteiger partial charge < -0.3 is 10.1 Å². The smallest absolute Gasteiger partial charge is 0.122 e. The van der Waals surface area contributed by atoms with E-state index < -0.39 is 0 Å². The Morgan fingerprint density at radius 3 is 3.10 bits per heavy atom. The molecule has 1 N–H and O–H groups in total. The highest BCUT2D eigenvalue weighted by Crippen LogP contribution is 2.35. The van der Waals surface area contributed by atoms with Crippen LogP contribution in [0.1, 0.15) is 37.7 Å². The van der Waals surface area contributed by atoms with E-state index in [9.17, 15) is 0 Å². The standard InChI is InChI=1S/C17H26N2O/c1-2-18-12-15-6-5-10-19(15)13-14-9-11-20-17-8-4-3-7-16(14)17/h3-4,7-8,14-15,18H,2,5-6,9-13H2,1H3. The summed E-state index contributed by atoms with van der Waals surface area (Å²) in [5, 5.41) is 3.51. The molecule has 0 amide bonds. The molecule has 1 fully saturated rings. The summed E-state index contributed by atoms with van der Waals surface area (Å²) in [5.41, 5.74) is 1.41. The molecule has 2 aliphatic rings. The summed E-state index contributed by atoms with van der Waals surface area (Å²) in [4.78, 5) is 2.69. The van der Waals surface area contributed by atoms with Gasteiger partial charge in [0, 0.05) is 25.0 Å². The molecule has 0 bridgehead atoms. The molecule has 3 nitrogen and oxygen atoms in total. The Kier molecular flexibility index (Phi) is 4.58. The number of ether oxygens (including phenoxy) is 1. The van der Waals surface area contributed by atoms with E-state index in [-0.39, 0.29) is 0 Å². The van der Waals surface area contributed by atoms with E-state index in [1.807, 2.05) is 0 Å². The third-order valence-corrected chi connectivity index (χ3v) is 4.67. The lowest BCUT2D eigenvalue weighted by Gasteiger charge is -2.32. The summed E-state index contributed by atoms with van der Waals surface area (Å²) in [6, 6.07) is 9.30. The molecule has 1 aromatic carbocycles. The topological polar surface area (TPSA) is 24.5 Å². The summed E-state index contributed by atoms with van der Waals surface area (Å²) in [6.07, 6.45) is 3.85. The molecule has 3 rings (SSSR count). The molecular weight excluding hydrogens is 248 g/mol. The first kappa shape index (κ1) is 13.9. The Labute approximate surface area is 122 Å². The van der Waals surface area contributed by atoms with E-state index in [0.717, 1.165) is 37.9 Å². The molecule has 0 aromatic heterocycles. The molecule has 0 aliphatic carbocycles. The van der Waals surface area contributed by atoms with E-state index in [1.54, 1.807) is 0 Å². The van der Waals surface area contributed by atoms with Crippen LogP contribution in [0.25, 0.3) is 0 Å². The van der Waals surface area contributed by atoms with Gasteiger partial charge in [-0.1, -0.05) is 25.1 Å². The predicted molar refractivity (Wildman–Crippen MR) is 82.4 cm³/mol. The number of likely N-dealkylation sites (N-methyl/N-ethyl adjacent to an activating group) is 1. The largest absolute Gasteiger partial charge is 0.493 e. The van der Waals surface area contributed by atoms with Crippen LogP contribution in [-0.2, 0) is 0 Å². The van der Waals surface area contributed by atoms with Crippen LogP contribution >= 0.6 is 0 Å². The summed E-state index contributed by atoms with van der Waals surface area (Å²) in [6.45, 7) is 7.72. The molecule has 20 heavy (non-hydrogen) atoms. The van der Waals surface area contributed by atoms with Crippen LogP contribution in [-0.4, -0.2) is 43.7 Å². The van der Waals surface area contributed by atoms with Crippen molar-refractivity contribution < 1.29 is 4.74 Å². The van der Waals surface area contributed by atoms with Crippen molar-refractivity contribution in [2.24, 2.45) is 0 Å². The second-order valence-electron chi connectivity index (χ2n) is 5.97. The highest BCUT2D eigenvalue weighted by atomic mass is 16.5. The highest BCUT2D eigenvalue weighted by molar-refractivity contribution is 5.38. The number of nitrogens with one attached hydrogen (secondary N) is 1. The molecule has 0 radical (unpaired) electrons. The van der Waals surface area contributed by atoms with Crippen molar-refractivity contribution in [3.63, 3.8) is 0 Å². The van der Waals surface area contributed by atoms with Gasteiger partial charge in [-0.3, -0.25) is 4.90 Å². The Bertz CT molecular complexity index is 435. The first-order chi connectivity index (χ1) is 9.88. The van der Waals surface area contributed by atoms with Gasteiger partial charge >= 0.3 is 0 Å². The molecular formula is C17H26N2O. The second kappa shape index (κ2) is 6.59. The lowest BCUT2D eigenvalue weighted by Crippen LogP contribution is -2.40. The number of para-hydroxylation sites is 1. The molecule has 1 saturated heterocycles. The van der Waals surface area contributed by atoms with Crippen LogP contribution in [0.5, 0.6) is 5.75 Å². The number of fused-ring (bicyclic) bond motifs is 1. The molecule has 2 aliphatic heterocycles. The molecule has 2 atom stereocenters. The number of nitrogens with zero attached hydrogens (tertiary/aromatic N) is 1. The van der Waals surface area contributed by atoms with Gasteiger partial charge in [-0.05, 0) is 44.0 Å². The van der Waals surface area contributed by atoms with Crippen LogP contribution in [0.15, 0.2) is 24.3 Å². The first-order valence-corrected chi connectivity index (χ1v) is 8.05. The molecule has 2 unspecified atom stereocenters. The summed E-state index contributed by atoms with van der Waals surface area (Å²) in [7, 11) is 0. The Morgan fingerprint density at radius 2 is 2.20 bits per heavy atom. The second-order valence-corrected chi connectivity index (χ2v) is 5.97. The van der Waals surface area contributed by atoms with Crippen LogP contribution < -0.4 is 10.1 Å². The number of benzene rings is 1. The van der Waals surface area contributed by atoms with Crippen LogP contribution in [0.4, 0.5) is 0 Å². The average molecular weight is 274 g/mol. The number of rotatable bonds is 5. The molecule has 110 valence electrons. The van der Waals surface area contributed by atoms with Crippen LogP contribution in [0, 0.1) is 0 Å². The predicted octanol–water partition coefficient (Wildman–Crippen LogP) is 2.63. The lowest BCUT2D eigenvalue weighted by atomic mass is 9.92. The molecule has 1 aromatic rings. The van der Waals surface area contributed by atoms with Crippen LogP contribution in [0.2, 0.25) is 0 Å². The van der Waals surface area contributed by atoms with Gasteiger partial charge in [-0.25, -0.2) is 0 Å². The zero-order chi connectivity index (χ0) is 13.8. The fraction of sp³-hybridized carbons (Fsp3) is 0.647. The average Bonchev–Trinajstić information content (AvgIpc) is 2.93. The fourth-order valence-electron chi connectivity index (χ4n) is 3.57. The van der Waals surface area contributed by atoms with Gasteiger partial charge in [0.2, 0.25) is 0 Å². The van der Waals surface area contributed by atoms with Gasteiger partial charge in [0.05, 0.1) is 6.61 Å². The number of hydrogen-bond donors (Lipinski definition) is 1. The summed E-state index contributed by atoms with van der Waals surface area (Å²) >= 11 is 0. The Hall–Kier alpha value is -1.06. The summed E-state index contributed by atoms with van der Waals surface area (Å²) in [5.74, 6) is 1.74. The highest BCUT2D eigenvalue weighted by Gasteiger charge is 2.29. The van der Waals surface area contributed by atoms with Crippen molar-refractivity contribution >= 4 is 0 Å². The van der Waals surface area contributed by atoms with Gasteiger partial charge in [-0.15, -0.1) is 0 Å². The maximum absolute atomic E-state index is 5.78. The van der Waals surface area contributed by atoms with Crippen molar-refractivity contribution in [3.05, 3.63) is 29.8 Å². The van der Waals surface area contributed by atoms with Crippen molar-refractivity contribution in [3.8, 4) is 5.75 Å². The summed E-state index contributed by atoms with van der Waals surface area (Å²) < 4.78 is 5.78.